The lowest BCUT2D eigenvalue weighted by molar-refractivity contribution is -0.129. The summed E-state index contributed by atoms with van der Waals surface area (Å²) >= 11 is 3.40. The molecule has 0 spiro atoms. The van der Waals surface area contributed by atoms with Gasteiger partial charge in [0.2, 0.25) is 11.9 Å². The number of rotatable bonds is 2. The zero-order valence-corrected chi connectivity index (χ0v) is 15.6. The van der Waals surface area contributed by atoms with Crippen molar-refractivity contribution in [1.82, 2.24) is 14.9 Å². The first kappa shape index (κ1) is 18.1. The molecule has 7 heteroatoms. The highest BCUT2D eigenvalue weighted by atomic mass is 79.9. The Morgan fingerprint density at radius 1 is 1.08 bits per heavy atom. The van der Waals surface area contributed by atoms with Gasteiger partial charge in [-0.15, -0.1) is 0 Å². The van der Waals surface area contributed by atoms with E-state index in [2.05, 4.69) is 25.9 Å². The van der Waals surface area contributed by atoms with Gasteiger partial charge in [-0.05, 0) is 45.0 Å². The standard InChI is InChI=1S/C17H19BrN4O2/c1-12(23)22(17(2,3)4)16(24)21(15-19-9-6-10-20-15)14-8-5-7-13(18)11-14/h5-11H,1-4H3. The normalized spacial score (nSPS) is 11.0. The quantitative estimate of drug-likeness (QED) is 0.772. The number of hydrogen-bond acceptors (Lipinski definition) is 4. The Morgan fingerprint density at radius 3 is 2.21 bits per heavy atom. The number of aromatic nitrogens is 2. The molecule has 1 heterocycles. The van der Waals surface area contributed by atoms with Gasteiger partial charge in [0, 0.05) is 29.3 Å². The monoisotopic (exact) mass is 390 g/mol. The number of halogens is 1. The Hall–Kier alpha value is -2.28. The van der Waals surface area contributed by atoms with Gasteiger partial charge in [-0.2, -0.15) is 0 Å². The minimum Gasteiger partial charge on any atom is -0.275 e. The number of amides is 3. The SMILES string of the molecule is CC(=O)N(C(=O)N(c1cccc(Br)c1)c1ncccn1)C(C)(C)C. The van der Waals surface area contributed by atoms with E-state index in [0.717, 1.165) is 4.47 Å². The van der Waals surface area contributed by atoms with Gasteiger partial charge in [0.05, 0.1) is 5.69 Å². The summed E-state index contributed by atoms with van der Waals surface area (Å²) < 4.78 is 0.805. The second kappa shape index (κ2) is 7.09. The van der Waals surface area contributed by atoms with E-state index in [1.54, 1.807) is 57.4 Å². The van der Waals surface area contributed by atoms with Crippen LogP contribution < -0.4 is 4.90 Å². The van der Waals surface area contributed by atoms with Gasteiger partial charge in [0.15, 0.2) is 0 Å². The lowest BCUT2D eigenvalue weighted by Crippen LogP contribution is -2.53. The fourth-order valence-corrected chi connectivity index (χ4v) is 2.71. The van der Waals surface area contributed by atoms with Gasteiger partial charge < -0.3 is 0 Å². The highest BCUT2D eigenvalue weighted by Crippen LogP contribution is 2.28. The molecule has 0 aliphatic heterocycles. The molecule has 0 radical (unpaired) electrons. The Labute approximate surface area is 149 Å². The first-order valence-corrected chi connectivity index (χ1v) is 8.18. The van der Waals surface area contributed by atoms with Crippen LogP contribution in [0.2, 0.25) is 0 Å². The number of anilines is 2. The average Bonchev–Trinajstić information content (AvgIpc) is 2.46. The van der Waals surface area contributed by atoms with Gasteiger partial charge in [0.1, 0.15) is 0 Å². The van der Waals surface area contributed by atoms with E-state index in [1.165, 1.54) is 16.7 Å². The molecular weight excluding hydrogens is 372 g/mol. The molecule has 0 unspecified atom stereocenters. The highest BCUT2D eigenvalue weighted by Gasteiger charge is 2.35. The number of carbonyl (C=O) groups is 2. The third kappa shape index (κ3) is 3.97. The lowest BCUT2D eigenvalue weighted by Gasteiger charge is -2.36. The van der Waals surface area contributed by atoms with Crippen molar-refractivity contribution in [3.63, 3.8) is 0 Å². The predicted octanol–water partition coefficient (Wildman–Crippen LogP) is 4.14. The van der Waals surface area contributed by atoms with Gasteiger partial charge in [0.25, 0.3) is 0 Å². The highest BCUT2D eigenvalue weighted by molar-refractivity contribution is 9.10. The molecule has 0 N–H and O–H groups in total. The Kier molecular flexibility index (Phi) is 5.33. The van der Waals surface area contributed by atoms with E-state index in [9.17, 15) is 9.59 Å². The Morgan fingerprint density at radius 2 is 1.71 bits per heavy atom. The van der Waals surface area contributed by atoms with Gasteiger partial charge in [-0.25, -0.2) is 19.7 Å². The summed E-state index contributed by atoms with van der Waals surface area (Å²) in [6.07, 6.45) is 3.10. The molecule has 1 aromatic heterocycles. The van der Waals surface area contributed by atoms with Crippen molar-refractivity contribution in [1.29, 1.82) is 0 Å². The summed E-state index contributed by atoms with van der Waals surface area (Å²) in [5.74, 6) is -0.139. The maximum atomic E-state index is 13.2. The molecule has 24 heavy (non-hydrogen) atoms. The topological polar surface area (TPSA) is 66.4 Å². The summed E-state index contributed by atoms with van der Waals surface area (Å²) in [5, 5.41) is 0. The fraction of sp³-hybridized carbons (Fsp3) is 0.294. The van der Waals surface area contributed by atoms with Crippen LogP contribution in [0.25, 0.3) is 0 Å². The molecule has 0 aliphatic rings. The third-order valence-corrected chi connectivity index (χ3v) is 3.68. The summed E-state index contributed by atoms with van der Waals surface area (Å²) in [6, 6.07) is 8.36. The van der Waals surface area contributed by atoms with E-state index in [-0.39, 0.29) is 11.9 Å². The van der Waals surface area contributed by atoms with Crippen molar-refractivity contribution in [2.75, 3.05) is 4.90 Å². The molecule has 0 aliphatic carbocycles. The molecule has 6 nitrogen and oxygen atoms in total. The van der Waals surface area contributed by atoms with Crippen LogP contribution in [0.5, 0.6) is 0 Å². The van der Waals surface area contributed by atoms with Gasteiger partial charge in [-0.3, -0.25) is 9.69 Å². The maximum Gasteiger partial charge on any atom is 0.338 e. The number of benzene rings is 1. The van der Waals surface area contributed by atoms with E-state index in [4.69, 9.17) is 0 Å². The van der Waals surface area contributed by atoms with Crippen LogP contribution in [-0.2, 0) is 4.79 Å². The van der Waals surface area contributed by atoms with E-state index < -0.39 is 11.6 Å². The van der Waals surface area contributed by atoms with E-state index >= 15 is 0 Å². The zero-order chi connectivity index (χ0) is 17.9. The first-order valence-electron chi connectivity index (χ1n) is 7.39. The van der Waals surface area contributed by atoms with Crippen molar-refractivity contribution in [2.45, 2.75) is 33.2 Å². The number of urea groups is 1. The summed E-state index contributed by atoms with van der Waals surface area (Å²) in [4.78, 5) is 36.1. The number of imide groups is 1. The molecule has 0 saturated heterocycles. The van der Waals surface area contributed by atoms with Crippen LogP contribution in [0, 0.1) is 0 Å². The van der Waals surface area contributed by atoms with Crippen LogP contribution in [0.15, 0.2) is 47.2 Å². The molecular formula is C17H19BrN4O2. The molecule has 0 atom stereocenters. The smallest absolute Gasteiger partial charge is 0.275 e. The third-order valence-electron chi connectivity index (χ3n) is 3.19. The van der Waals surface area contributed by atoms with Crippen molar-refractivity contribution in [3.8, 4) is 0 Å². The minimum absolute atomic E-state index is 0.205. The molecule has 0 fully saturated rings. The summed E-state index contributed by atoms with van der Waals surface area (Å²) in [6.45, 7) is 6.78. The largest absolute Gasteiger partial charge is 0.338 e. The molecule has 1 aromatic carbocycles. The van der Waals surface area contributed by atoms with Crippen molar-refractivity contribution >= 4 is 39.5 Å². The zero-order valence-electron chi connectivity index (χ0n) is 14.0. The summed E-state index contributed by atoms with van der Waals surface area (Å²) in [5.41, 5.74) is -0.113. The van der Waals surface area contributed by atoms with Gasteiger partial charge in [-0.1, -0.05) is 22.0 Å². The average molecular weight is 391 g/mol. The van der Waals surface area contributed by atoms with Crippen molar-refractivity contribution in [3.05, 3.63) is 47.2 Å². The number of carbonyl (C=O) groups excluding carboxylic acids is 2. The molecule has 0 bridgehead atoms. The number of nitrogens with zero attached hydrogens (tertiary/aromatic N) is 4. The second-order valence-electron chi connectivity index (χ2n) is 6.17. The molecule has 3 amide bonds. The lowest BCUT2D eigenvalue weighted by atomic mass is 10.1. The minimum atomic E-state index is -0.679. The van der Waals surface area contributed by atoms with Crippen LogP contribution in [0.3, 0.4) is 0 Å². The van der Waals surface area contributed by atoms with Crippen molar-refractivity contribution in [2.24, 2.45) is 0 Å². The maximum absolute atomic E-state index is 13.2. The molecule has 2 aromatic rings. The van der Waals surface area contributed by atoms with E-state index in [1.807, 2.05) is 6.07 Å². The van der Waals surface area contributed by atoms with E-state index in [0.29, 0.717) is 5.69 Å². The van der Waals surface area contributed by atoms with Crippen LogP contribution in [-0.4, -0.2) is 32.3 Å². The number of hydrogen-bond donors (Lipinski definition) is 0. The van der Waals surface area contributed by atoms with Crippen LogP contribution in [0.4, 0.5) is 16.4 Å². The second-order valence-corrected chi connectivity index (χ2v) is 7.09. The van der Waals surface area contributed by atoms with Gasteiger partial charge >= 0.3 is 6.03 Å². The molecule has 126 valence electrons. The van der Waals surface area contributed by atoms with Crippen molar-refractivity contribution < 1.29 is 9.59 Å². The Balaban J connectivity index is 2.58. The predicted molar refractivity (Wildman–Crippen MR) is 96.0 cm³/mol. The first-order chi connectivity index (χ1) is 11.2. The molecule has 0 saturated carbocycles. The summed E-state index contributed by atoms with van der Waals surface area (Å²) in [7, 11) is 0. The van der Waals surface area contributed by atoms with Crippen LogP contribution >= 0.6 is 15.9 Å². The van der Waals surface area contributed by atoms with Crippen LogP contribution in [0.1, 0.15) is 27.7 Å². The fourth-order valence-electron chi connectivity index (χ4n) is 2.33. The Bertz CT molecular complexity index is 744. The molecule has 2 rings (SSSR count).